The first-order valence-electron chi connectivity index (χ1n) is 6.93. The van der Waals surface area contributed by atoms with Gasteiger partial charge in [-0.3, -0.25) is 9.48 Å². The van der Waals surface area contributed by atoms with E-state index in [0.717, 1.165) is 4.47 Å². The second-order valence-electron chi connectivity index (χ2n) is 5.07. The molecule has 0 aliphatic carbocycles. The van der Waals surface area contributed by atoms with Gasteiger partial charge >= 0.3 is 5.97 Å². The molecule has 122 valence electrons. The minimum absolute atomic E-state index is 0.0102. The van der Waals surface area contributed by atoms with Crippen LogP contribution in [0.1, 0.15) is 16.3 Å². The van der Waals surface area contributed by atoms with Crippen molar-refractivity contribution in [3.8, 4) is 0 Å². The summed E-state index contributed by atoms with van der Waals surface area (Å²) in [6, 6.07) is 3.29. The van der Waals surface area contributed by atoms with Gasteiger partial charge in [-0.2, -0.15) is 5.10 Å². The van der Waals surface area contributed by atoms with Gasteiger partial charge in [0.15, 0.2) is 11.9 Å². The Labute approximate surface area is 139 Å². The largest absolute Gasteiger partial charge is 0.479 e. The topological polar surface area (TPSA) is 97.8 Å². The zero-order valence-electron chi connectivity index (χ0n) is 12.0. The van der Waals surface area contributed by atoms with E-state index >= 15 is 0 Å². The normalized spacial score (nSPS) is 18.1. The standard InChI is InChI=1S/C14H14BrN3O5/c15-9-5-16-18(6-9)7-10-1-2-11(23-10)13(19)17-3-4-22-12(8-17)14(20)21/h1-2,5-6,12H,3-4,7-8H2,(H,20,21)/t12-/m0/s1. The number of rotatable bonds is 4. The first-order valence-corrected chi connectivity index (χ1v) is 7.72. The molecule has 3 heterocycles. The van der Waals surface area contributed by atoms with Gasteiger partial charge in [0.2, 0.25) is 0 Å². The highest BCUT2D eigenvalue weighted by molar-refractivity contribution is 9.10. The van der Waals surface area contributed by atoms with Crippen LogP contribution < -0.4 is 0 Å². The van der Waals surface area contributed by atoms with Gasteiger partial charge < -0.3 is 19.2 Å². The molecule has 1 N–H and O–H groups in total. The van der Waals surface area contributed by atoms with Gasteiger partial charge in [-0.15, -0.1) is 0 Å². The fourth-order valence-electron chi connectivity index (χ4n) is 2.30. The Morgan fingerprint density at radius 3 is 2.96 bits per heavy atom. The van der Waals surface area contributed by atoms with Crippen LogP contribution in [0.3, 0.4) is 0 Å². The Balaban J connectivity index is 1.67. The third-order valence-electron chi connectivity index (χ3n) is 3.42. The van der Waals surface area contributed by atoms with Gasteiger partial charge in [0.25, 0.3) is 5.91 Å². The SMILES string of the molecule is O=C(O)[C@@H]1CN(C(=O)c2ccc(Cn3cc(Br)cn3)o2)CCO1. The zero-order chi connectivity index (χ0) is 16.4. The van der Waals surface area contributed by atoms with Gasteiger partial charge in [0, 0.05) is 12.7 Å². The molecular weight excluding hydrogens is 370 g/mol. The first kappa shape index (κ1) is 15.8. The molecule has 0 unspecified atom stereocenters. The van der Waals surface area contributed by atoms with E-state index in [1.807, 2.05) is 0 Å². The van der Waals surface area contributed by atoms with Gasteiger partial charge in [0.1, 0.15) is 5.76 Å². The zero-order valence-corrected chi connectivity index (χ0v) is 13.6. The lowest BCUT2D eigenvalue weighted by molar-refractivity contribution is -0.154. The van der Waals surface area contributed by atoms with E-state index in [1.54, 1.807) is 29.2 Å². The average Bonchev–Trinajstić information content (AvgIpc) is 3.16. The van der Waals surface area contributed by atoms with Crippen LogP contribution in [-0.2, 0) is 16.1 Å². The monoisotopic (exact) mass is 383 g/mol. The van der Waals surface area contributed by atoms with Crippen molar-refractivity contribution in [1.29, 1.82) is 0 Å². The van der Waals surface area contributed by atoms with E-state index in [0.29, 0.717) is 18.8 Å². The van der Waals surface area contributed by atoms with E-state index in [-0.39, 0.29) is 24.8 Å². The Bertz CT molecular complexity index is 726. The first-order chi connectivity index (χ1) is 11.0. The highest BCUT2D eigenvalue weighted by Crippen LogP contribution is 2.15. The summed E-state index contributed by atoms with van der Waals surface area (Å²) in [6.45, 7) is 0.943. The number of aliphatic carboxylic acids is 1. The quantitative estimate of drug-likeness (QED) is 0.851. The Morgan fingerprint density at radius 2 is 2.26 bits per heavy atom. The molecule has 0 bridgehead atoms. The predicted molar refractivity (Wildman–Crippen MR) is 81.0 cm³/mol. The molecule has 1 fully saturated rings. The predicted octanol–water partition coefficient (Wildman–Crippen LogP) is 1.21. The number of amides is 1. The van der Waals surface area contributed by atoms with Crippen LogP contribution in [0.15, 0.2) is 33.4 Å². The number of hydrogen-bond acceptors (Lipinski definition) is 5. The van der Waals surface area contributed by atoms with Crippen molar-refractivity contribution in [2.24, 2.45) is 0 Å². The number of carboxylic acid groups (broad SMARTS) is 1. The molecule has 23 heavy (non-hydrogen) atoms. The van der Waals surface area contributed by atoms with E-state index in [4.69, 9.17) is 14.3 Å². The molecule has 0 spiro atoms. The maximum atomic E-state index is 12.4. The highest BCUT2D eigenvalue weighted by Gasteiger charge is 2.30. The summed E-state index contributed by atoms with van der Waals surface area (Å²) in [5.41, 5.74) is 0. The molecule has 3 rings (SSSR count). The van der Waals surface area contributed by atoms with Crippen LogP contribution in [0, 0.1) is 0 Å². The third kappa shape index (κ3) is 3.62. The number of carboxylic acids is 1. The van der Waals surface area contributed by atoms with Crippen molar-refractivity contribution >= 4 is 27.8 Å². The van der Waals surface area contributed by atoms with Crippen LogP contribution in [0.4, 0.5) is 0 Å². The highest BCUT2D eigenvalue weighted by atomic mass is 79.9. The summed E-state index contributed by atoms with van der Waals surface area (Å²) in [4.78, 5) is 24.8. The Morgan fingerprint density at radius 1 is 1.43 bits per heavy atom. The number of ether oxygens (including phenoxy) is 1. The van der Waals surface area contributed by atoms with E-state index in [1.165, 1.54) is 4.90 Å². The second kappa shape index (κ2) is 6.55. The third-order valence-corrected chi connectivity index (χ3v) is 3.83. The lowest BCUT2D eigenvalue weighted by Crippen LogP contribution is -2.48. The van der Waals surface area contributed by atoms with Crippen LogP contribution in [0.25, 0.3) is 0 Å². The molecule has 8 nitrogen and oxygen atoms in total. The van der Waals surface area contributed by atoms with Gasteiger partial charge in [-0.25, -0.2) is 4.79 Å². The van der Waals surface area contributed by atoms with Crippen molar-refractivity contribution in [1.82, 2.24) is 14.7 Å². The van der Waals surface area contributed by atoms with E-state index in [9.17, 15) is 9.59 Å². The Hall–Kier alpha value is -2.13. The molecule has 1 aliphatic heterocycles. The van der Waals surface area contributed by atoms with Crippen LogP contribution >= 0.6 is 15.9 Å². The molecule has 0 radical (unpaired) electrons. The van der Waals surface area contributed by atoms with Gasteiger partial charge in [-0.05, 0) is 28.1 Å². The molecule has 2 aromatic rings. The summed E-state index contributed by atoms with van der Waals surface area (Å²) >= 11 is 3.31. The second-order valence-corrected chi connectivity index (χ2v) is 5.99. The van der Waals surface area contributed by atoms with Crippen molar-refractivity contribution in [2.75, 3.05) is 19.7 Å². The fourth-order valence-corrected chi connectivity index (χ4v) is 2.63. The minimum Gasteiger partial charge on any atom is -0.479 e. The van der Waals surface area contributed by atoms with Gasteiger partial charge in [-0.1, -0.05) is 0 Å². The molecule has 1 amide bonds. The summed E-state index contributed by atoms with van der Waals surface area (Å²) in [7, 11) is 0. The molecular formula is C14H14BrN3O5. The molecule has 1 saturated heterocycles. The molecule has 1 atom stereocenters. The fraction of sp³-hybridized carbons (Fsp3) is 0.357. The van der Waals surface area contributed by atoms with Crippen molar-refractivity contribution < 1.29 is 23.8 Å². The number of aromatic nitrogens is 2. The molecule has 1 aliphatic rings. The number of morpholine rings is 1. The van der Waals surface area contributed by atoms with Crippen molar-refractivity contribution in [2.45, 2.75) is 12.6 Å². The molecule has 0 aromatic carbocycles. The number of carbonyl (C=O) groups is 2. The lowest BCUT2D eigenvalue weighted by atomic mass is 10.2. The van der Waals surface area contributed by atoms with Crippen molar-refractivity contribution in [3.63, 3.8) is 0 Å². The number of halogens is 1. The summed E-state index contributed by atoms with van der Waals surface area (Å²) in [5, 5.41) is 13.1. The average molecular weight is 384 g/mol. The van der Waals surface area contributed by atoms with Crippen LogP contribution in [-0.4, -0.2) is 57.5 Å². The number of carbonyl (C=O) groups excluding carboxylic acids is 1. The maximum Gasteiger partial charge on any atom is 0.334 e. The van der Waals surface area contributed by atoms with Crippen LogP contribution in [0.2, 0.25) is 0 Å². The van der Waals surface area contributed by atoms with E-state index < -0.39 is 12.1 Å². The summed E-state index contributed by atoms with van der Waals surface area (Å²) in [6.07, 6.45) is 2.46. The number of nitrogens with zero attached hydrogens (tertiary/aromatic N) is 3. The summed E-state index contributed by atoms with van der Waals surface area (Å²) < 4.78 is 13.2. The maximum absolute atomic E-state index is 12.4. The molecule has 0 saturated carbocycles. The van der Waals surface area contributed by atoms with Crippen molar-refractivity contribution in [3.05, 3.63) is 40.5 Å². The smallest absolute Gasteiger partial charge is 0.334 e. The Kier molecular flexibility index (Phi) is 4.49. The summed E-state index contributed by atoms with van der Waals surface area (Å²) in [5.74, 6) is -0.649. The number of hydrogen-bond donors (Lipinski definition) is 1. The van der Waals surface area contributed by atoms with E-state index in [2.05, 4.69) is 21.0 Å². The van der Waals surface area contributed by atoms with Crippen LogP contribution in [0.5, 0.6) is 0 Å². The molecule has 9 heteroatoms. The molecule has 2 aromatic heterocycles. The van der Waals surface area contributed by atoms with Gasteiger partial charge in [0.05, 0.1) is 30.4 Å². The minimum atomic E-state index is -1.08. The number of furan rings is 1. The lowest BCUT2D eigenvalue weighted by Gasteiger charge is -2.30.